The standard InChI is InChI=1S/C19H32N6/c1-5-24-9-7-8-17(19(24)18-11-20-23(4)15-18)14-22(3)12-16-10-21-25(6-2)13-16/h10-11,13,15,17,19H,5-9,12,14H2,1-4H3/t17-,19+/m0/s1. The van der Waals surface area contributed by atoms with E-state index < -0.39 is 0 Å². The largest absolute Gasteiger partial charge is 0.302 e. The molecule has 3 heterocycles. The molecule has 138 valence electrons. The van der Waals surface area contributed by atoms with E-state index in [9.17, 15) is 0 Å². The van der Waals surface area contributed by atoms with Crippen molar-refractivity contribution in [3.63, 3.8) is 0 Å². The van der Waals surface area contributed by atoms with E-state index in [4.69, 9.17) is 0 Å². The zero-order valence-electron chi connectivity index (χ0n) is 16.1. The molecule has 2 atom stereocenters. The summed E-state index contributed by atoms with van der Waals surface area (Å²) in [6.45, 7) is 9.69. The van der Waals surface area contributed by atoms with Crippen LogP contribution in [-0.4, -0.2) is 56.0 Å². The molecule has 6 nitrogen and oxygen atoms in total. The average molecular weight is 345 g/mol. The van der Waals surface area contributed by atoms with Crippen LogP contribution in [0, 0.1) is 5.92 Å². The number of piperidine rings is 1. The lowest BCUT2D eigenvalue weighted by atomic mass is 9.85. The average Bonchev–Trinajstić information content (AvgIpc) is 3.23. The highest BCUT2D eigenvalue weighted by molar-refractivity contribution is 5.14. The van der Waals surface area contributed by atoms with Gasteiger partial charge in [0.15, 0.2) is 0 Å². The van der Waals surface area contributed by atoms with Gasteiger partial charge in [0.05, 0.1) is 12.4 Å². The quantitative estimate of drug-likeness (QED) is 0.774. The summed E-state index contributed by atoms with van der Waals surface area (Å²) < 4.78 is 3.93. The van der Waals surface area contributed by atoms with Crippen molar-refractivity contribution in [3.8, 4) is 0 Å². The van der Waals surface area contributed by atoms with E-state index in [0.717, 1.165) is 26.2 Å². The second-order valence-corrected chi connectivity index (χ2v) is 7.32. The molecule has 0 saturated carbocycles. The first-order chi connectivity index (χ1) is 12.1. The lowest BCUT2D eigenvalue weighted by Crippen LogP contribution is -2.42. The zero-order chi connectivity index (χ0) is 17.8. The lowest BCUT2D eigenvalue weighted by Gasteiger charge is -2.42. The third-order valence-electron chi connectivity index (χ3n) is 5.34. The van der Waals surface area contributed by atoms with Gasteiger partial charge in [-0.15, -0.1) is 0 Å². The van der Waals surface area contributed by atoms with E-state index in [0.29, 0.717) is 12.0 Å². The molecule has 1 saturated heterocycles. The van der Waals surface area contributed by atoms with Gasteiger partial charge in [-0.1, -0.05) is 6.92 Å². The molecule has 0 bridgehead atoms. The Bertz CT molecular complexity index is 660. The molecule has 0 N–H and O–H groups in total. The van der Waals surface area contributed by atoms with Crippen LogP contribution in [0.5, 0.6) is 0 Å². The molecular weight excluding hydrogens is 312 g/mol. The Morgan fingerprint density at radius 3 is 2.64 bits per heavy atom. The van der Waals surface area contributed by atoms with Crippen molar-refractivity contribution in [2.75, 3.05) is 26.7 Å². The summed E-state index contributed by atoms with van der Waals surface area (Å²) in [6, 6.07) is 0.480. The second-order valence-electron chi connectivity index (χ2n) is 7.32. The van der Waals surface area contributed by atoms with Crippen LogP contribution >= 0.6 is 0 Å². The highest BCUT2D eigenvalue weighted by atomic mass is 15.3. The maximum absolute atomic E-state index is 4.42. The minimum atomic E-state index is 0.480. The van der Waals surface area contributed by atoms with E-state index in [1.165, 1.54) is 30.5 Å². The number of likely N-dealkylation sites (tertiary alicyclic amines) is 1. The lowest BCUT2D eigenvalue weighted by molar-refractivity contribution is 0.0749. The highest BCUT2D eigenvalue weighted by Crippen LogP contribution is 2.36. The fourth-order valence-corrected chi connectivity index (χ4v) is 4.21. The SMILES string of the molecule is CCN1CCC[C@@H](CN(C)Cc2cnn(CC)c2)[C@@H]1c1cnn(C)c1. The predicted molar refractivity (Wildman–Crippen MR) is 100 cm³/mol. The van der Waals surface area contributed by atoms with Crippen LogP contribution in [0.2, 0.25) is 0 Å². The van der Waals surface area contributed by atoms with Crippen molar-refractivity contribution >= 4 is 0 Å². The molecule has 0 aromatic carbocycles. The van der Waals surface area contributed by atoms with Crippen LogP contribution in [-0.2, 0) is 20.1 Å². The highest BCUT2D eigenvalue weighted by Gasteiger charge is 2.33. The summed E-state index contributed by atoms with van der Waals surface area (Å²) in [5.74, 6) is 0.643. The molecule has 0 unspecified atom stereocenters. The monoisotopic (exact) mass is 344 g/mol. The van der Waals surface area contributed by atoms with Crippen molar-refractivity contribution in [1.82, 2.24) is 29.4 Å². The molecule has 1 aliphatic rings. The summed E-state index contributed by atoms with van der Waals surface area (Å²) in [7, 11) is 4.24. The van der Waals surface area contributed by atoms with Gasteiger partial charge in [0.2, 0.25) is 0 Å². The molecule has 2 aromatic rings. The maximum atomic E-state index is 4.42. The van der Waals surface area contributed by atoms with Gasteiger partial charge >= 0.3 is 0 Å². The molecule has 0 radical (unpaired) electrons. The number of aromatic nitrogens is 4. The van der Waals surface area contributed by atoms with Gasteiger partial charge < -0.3 is 4.90 Å². The number of rotatable bonds is 7. The predicted octanol–water partition coefficient (Wildman–Crippen LogP) is 2.54. The molecule has 25 heavy (non-hydrogen) atoms. The van der Waals surface area contributed by atoms with Crippen LogP contribution in [0.4, 0.5) is 0 Å². The molecule has 6 heteroatoms. The van der Waals surface area contributed by atoms with Crippen molar-refractivity contribution in [2.24, 2.45) is 13.0 Å². The first-order valence-electron chi connectivity index (χ1n) is 9.53. The van der Waals surface area contributed by atoms with Gasteiger partial charge in [-0.3, -0.25) is 14.3 Å². The van der Waals surface area contributed by atoms with Crippen LogP contribution in [0.1, 0.15) is 43.9 Å². The third-order valence-corrected chi connectivity index (χ3v) is 5.34. The Hall–Kier alpha value is -1.66. The molecule has 3 rings (SSSR count). The summed E-state index contributed by atoms with van der Waals surface area (Å²) in [4.78, 5) is 5.07. The van der Waals surface area contributed by atoms with Crippen molar-refractivity contribution in [3.05, 3.63) is 35.9 Å². The Labute approximate surface area is 151 Å². The van der Waals surface area contributed by atoms with Gasteiger partial charge in [0.25, 0.3) is 0 Å². The number of hydrogen-bond donors (Lipinski definition) is 0. The summed E-state index contributed by atoms with van der Waals surface area (Å²) in [6.07, 6.45) is 11.0. The Balaban J connectivity index is 1.69. The van der Waals surface area contributed by atoms with Crippen LogP contribution in [0.25, 0.3) is 0 Å². The maximum Gasteiger partial charge on any atom is 0.0537 e. The molecule has 1 aliphatic heterocycles. The fraction of sp³-hybridized carbons (Fsp3) is 0.684. The van der Waals surface area contributed by atoms with E-state index in [-0.39, 0.29) is 0 Å². The molecule has 0 amide bonds. The number of nitrogens with zero attached hydrogens (tertiary/aromatic N) is 6. The zero-order valence-corrected chi connectivity index (χ0v) is 16.1. The normalized spacial score (nSPS) is 22.0. The molecular formula is C19H32N6. The number of hydrogen-bond acceptors (Lipinski definition) is 4. The second kappa shape index (κ2) is 8.15. The van der Waals surface area contributed by atoms with Crippen LogP contribution in [0.15, 0.2) is 24.8 Å². The third kappa shape index (κ3) is 4.30. The van der Waals surface area contributed by atoms with Gasteiger partial charge in [-0.25, -0.2) is 0 Å². The van der Waals surface area contributed by atoms with Crippen LogP contribution < -0.4 is 0 Å². The Morgan fingerprint density at radius 2 is 2.00 bits per heavy atom. The van der Waals surface area contributed by atoms with Crippen molar-refractivity contribution < 1.29 is 0 Å². The first kappa shape index (κ1) is 18.1. The van der Waals surface area contributed by atoms with Crippen molar-refractivity contribution in [1.29, 1.82) is 0 Å². The first-order valence-corrected chi connectivity index (χ1v) is 9.53. The fourth-order valence-electron chi connectivity index (χ4n) is 4.21. The van der Waals surface area contributed by atoms with Gasteiger partial charge in [0, 0.05) is 56.2 Å². The molecule has 1 fully saturated rings. The van der Waals surface area contributed by atoms with Gasteiger partial charge in [0.1, 0.15) is 0 Å². The van der Waals surface area contributed by atoms with Crippen LogP contribution in [0.3, 0.4) is 0 Å². The summed E-state index contributed by atoms with van der Waals surface area (Å²) in [5.41, 5.74) is 2.66. The van der Waals surface area contributed by atoms with Gasteiger partial charge in [-0.2, -0.15) is 10.2 Å². The van der Waals surface area contributed by atoms with E-state index in [2.05, 4.69) is 59.5 Å². The van der Waals surface area contributed by atoms with E-state index >= 15 is 0 Å². The molecule has 2 aromatic heterocycles. The molecule has 0 spiro atoms. The number of aryl methyl sites for hydroxylation is 2. The molecule has 0 aliphatic carbocycles. The minimum Gasteiger partial charge on any atom is -0.302 e. The smallest absolute Gasteiger partial charge is 0.0537 e. The van der Waals surface area contributed by atoms with Gasteiger partial charge in [-0.05, 0) is 45.8 Å². The topological polar surface area (TPSA) is 42.1 Å². The van der Waals surface area contributed by atoms with E-state index in [1.807, 2.05) is 22.6 Å². The van der Waals surface area contributed by atoms with Crippen molar-refractivity contribution in [2.45, 2.75) is 45.8 Å². The minimum absolute atomic E-state index is 0.480. The Kier molecular flexibility index (Phi) is 5.91. The Morgan fingerprint density at radius 1 is 1.16 bits per heavy atom. The summed E-state index contributed by atoms with van der Waals surface area (Å²) in [5, 5.41) is 8.82. The van der Waals surface area contributed by atoms with E-state index in [1.54, 1.807) is 0 Å². The summed E-state index contributed by atoms with van der Waals surface area (Å²) >= 11 is 0.